The molecule has 3 heterocycles. The molecule has 1 amide bonds. The first-order chi connectivity index (χ1) is 13.7. The lowest BCUT2D eigenvalue weighted by Gasteiger charge is -2.35. The third-order valence-corrected chi connectivity index (χ3v) is 5.81. The van der Waals surface area contributed by atoms with E-state index >= 15 is 0 Å². The highest BCUT2D eigenvalue weighted by Crippen LogP contribution is 2.45. The second-order valence-corrected chi connectivity index (χ2v) is 7.44. The third kappa shape index (κ3) is 2.78. The van der Waals surface area contributed by atoms with Crippen LogP contribution in [0.15, 0.2) is 48.5 Å². The first-order valence-corrected chi connectivity index (χ1v) is 9.71. The van der Waals surface area contributed by atoms with Crippen LogP contribution in [-0.4, -0.2) is 52.0 Å². The van der Waals surface area contributed by atoms with Crippen LogP contribution in [0.1, 0.15) is 5.56 Å². The number of nitrogens with one attached hydrogen (secondary N) is 1. The van der Waals surface area contributed by atoms with Gasteiger partial charge in [-0.1, -0.05) is 18.2 Å². The summed E-state index contributed by atoms with van der Waals surface area (Å²) in [6.07, 6.45) is 0. The summed E-state index contributed by atoms with van der Waals surface area (Å²) >= 11 is 0. The van der Waals surface area contributed by atoms with Crippen LogP contribution in [0.25, 0.3) is 0 Å². The molecule has 5 rings (SSSR count). The van der Waals surface area contributed by atoms with E-state index in [0.29, 0.717) is 19.9 Å². The van der Waals surface area contributed by atoms with Gasteiger partial charge in [0.05, 0.1) is 45.1 Å². The van der Waals surface area contributed by atoms with E-state index in [1.165, 1.54) is 17.0 Å². The van der Waals surface area contributed by atoms with E-state index in [9.17, 15) is 9.18 Å². The van der Waals surface area contributed by atoms with Crippen molar-refractivity contribution in [2.75, 3.05) is 55.9 Å². The van der Waals surface area contributed by atoms with E-state index in [4.69, 9.17) is 9.47 Å². The van der Waals surface area contributed by atoms with E-state index < -0.39 is 5.79 Å². The molecule has 28 heavy (non-hydrogen) atoms. The quantitative estimate of drug-likeness (QED) is 0.848. The topological polar surface area (TPSA) is 46.5 Å². The number of amides is 1. The normalized spacial score (nSPS) is 21.5. The molecule has 3 aliphatic rings. The van der Waals surface area contributed by atoms with Crippen molar-refractivity contribution in [2.24, 2.45) is 0 Å². The van der Waals surface area contributed by atoms with E-state index in [2.05, 4.69) is 4.90 Å². The van der Waals surface area contributed by atoms with Crippen LogP contribution in [0.5, 0.6) is 0 Å². The summed E-state index contributed by atoms with van der Waals surface area (Å²) in [5.41, 5.74) is 2.72. The molecule has 1 spiro atoms. The molecule has 2 aromatic carbocycles. The lowest BCUT2D eigenvalue weighted by Crippen LogP contribution is -3.16. The van der Waals surface area contributed by atoms with Crippen LogP contribution < -0.4 is 14.7 Å². The van der Waals surface area contributed by atoms with E-state index in [1.54, 1.807) is 0 Å². The van der Waals surface area contributed by atoms with Gasteiger partial charge >= 0.3 is 0 Å². The summed E-state index contributed by atoms with van der Waals surface area (Å²) in [7, 11) is 0. The minimum atomic E-state index is -1.26. The third-order valence-electron chi connectivity index (χ3n) is 5.81. The molecule has 2 saturated heterocycles. The van der Waals surface area contributed by atoms with Gasteiger partial charge in [-0.15, -0.1) is 0 Å². The highest BCUT2D eigenvalue weighted by molar-refractivity contribution is 6.06. The Morgan fingerprint density at radius 1 is 1.00 bits per heavy atom. The fourth-order valence-corrected chi connectivity index (χ4v) is 4.35. The monoisotopic (exact) mass is 384 g/mol. The zero-order chi connectivity index (χ0) is 19.1. The number of nitrogens with zero attached hydrogens (tertiary/aromatic N) is 2. The molecular formula is C21H23FN3O3+. The molecule has 0 saturated carbocycles. The maximum absolute atomic E-state index is 13.2. The SMILES string of the molecule is O=C1N(C[NH+]2CCN(c3ccc(F)cc3)CC2)c2ccccc2C12OCCO2. The molecule has 3 aliphatic heterocycles. The van der Waals surface area contributed by atoms with E-state index in [1.807, 2.05) is 41.3 Å². The van der Waals surface area contributed by atoms with Gasteiger partial charge in [0.15, 0.2) is 6.67 Å². The van der Waals surface area contributed by atoms with Crippen molar-refractivity contribution in [1.82, 2.24) is 0 Å². The van der Waals surface area contributed by atoms with Gasteiger partial charge in [-0.2, -0.15) is 0 Å². The number of hydrogen-bond donors (Lipinski definition) is 1. The molecule has 2 aromatic rings. The average Bonchev–Trinajstić information content (AvgIpc) is 3.31. The molecule has 0 radical (unpaired) electrons. The average molecular weight is 384 g/mol. The molecule has 0 unspecified atom stereocenters. The number of hydrogen-bond acceptors (Lipinski definition) is 4. The van der Waals surface area contributed by atoms with Gasteiger partial charge in [0.2, 0.25) is 0 Å². The predicted molar refractivity (Wildman–Crippen MR) is 102 cm³/mol. The number of quaternary nitrogens is 1. The molecular weight excluding hydrogens is 361 g/mol. The lowest BCUT2D eigenvalue weighted by molar-refractivity contribution is -0.899. The summed E-state index contributed by atoms with van der Waals surface area (Å²) in [5.74, 6) is -1.60. The number of halogens is 1. The number of carbonyl (C=O) groups is 1. The van der Waals surface area contributed by atoms with Crippen LogP contribution in [0.3, 0.4) is 0 Å². The Kier molecular flexibility index (Phi) is 4.30. The van der Waals surface area contributed by atoms with Gasteiger partial charge in [0.1, 0.15) is 5.82 Å². The zero-order valence-electron chi connectivity index (χ0n) is 15.6. The minimum absolute atomic E-state index is 0.125. The smallest absolute Gasteiger partial charge is 0.296 e. The largest absolute Gasteiger partial charge is 0.360 e. The summed E-state index contributed by atoms with van der Waals surface area (Å²) in [4.78, 5) is 18.6. The second kappa shape index (κ2) is 6.84. The first kappa shape index (κ1) is 17.6. The van der Waals surface area contributed by atoms with Crippen LogP contribution >= 0.6 is 0 Å². The number of anilines is 2. The van der Waals surface area contributed by atoms with E-state index in [-0.39, 0.29) is 11.7 Å². The summed E-state index contributed by atoms with van der Waals surface area (Å²) in [6, 6.07) is 14.4. The van der Waals surface area contributed by atoms with Gasteiger partial charge in [0.25, 0.3) is 11.7 Å². The van der Waals surface area contributed by atoms with Crippen molar-refractivity contribution >= 4 is 17.3 Å². The second-order valence-electron chi connectivity index (χ2n) is 7.44. The van der Waals surface area contributed by atoms with Crippen molar-refractivity contribution in [3.8, 4) is 0 Å². The minimum Gasteiger partial charge on any atom is -0.360 e. The Balaban J connectivity index is 1.29. The molecule has 146 valence electrons. The van der Waals surface area contributed by atoms with Gasteiger partial charge in [-0.05, 0) is 30.3 Å². The molecule has 0 bridgehead atoms. The Morgan fingerprint density at radius 2 is 1.68 bits per heavy atom. The number of rotatable bonds is 3. The number of carbonyl (C=O) groups excluding carboxylic acids is 1. The Labute approximate surface area is 163 Å². The van der Waals surface area contributed by atoms with Gasteiger partial charge in [0, 0.05) is 11.3 Å². The molecule has 6 nitrogen and oxygen atoms in total. The van der Waals surface area contributed by atoms with Crippen LogP contribution in [0.2, 0.25) is 0 Å². The molecule has 7 heteroatoms. The van der Waals surface area contributed by atoms with Crippen molar-refractivity contribution in [3.63, 3.8) is 0 Å². The maximum Gasteiger partial charge on any atom is 0.296 e. The molecule has 0 atom stereocenters. The number of para-hydroxylation sites is 1. The highest BCUT2D eigenvalue weighted by atomic mass is 19.1. The lowest BCUT2D eigenvalue weighted by atomic mass is 10.1. The Hall–Kier alpha value is -2.48. The van der Waals surface area contributed by atoms with Crippen LogP contribution in [0, 0.1) is 5.82 Å². The molecule has 0 aliphatic carbocycles. The van der Waals surface area contributed by atoms with E-state index in [0.717, 1.165) is 43.1 Å². The number of piperazine rings is 1. The summed E-state index contributed by atoms with van der Waals surface area (Å²) in [6.45, 7) is 4.97. The Bertz CT molecular complexity index is 875. The first-order valence-electron chi connectivity index (χ1n) is 9.71. The molecule has 2 fully saturated rings. The van der Waals surface area contributed by atoms with Crippen molar-refractivity contribution in [1.29, 1.82) is 0 Å². The molecule has 1 N–H and O–H groups in total. The zero-order valence-corrected chi connectivity index (χ0v) is 15.6. The van der Waals surface area contributed by atoms with Crippen molar-refractivity contribution in [3.05, 3.63) is 59.9 Å². The fraction of sp³-hybridized carbons (Fsp3) is 0.381. The maximum atomic E-state index is 13.2. The van der Waals surface area contributed by atoms with Crippen molar-refractivity contribution < 1.29 is 23.6 Å². The Morgan fingerprint density at radius 3 is 2.39 bits per heavy atom. The summed E-state index contributed by atoms with van der Waals surface area (Å²) < 4.78 is 24.7. The standard InChI is InChI=1S/C21H22FN3O3/c22-16-5-7-17(8-6-16)24-11-9-23(10-12-24)15-25-19-4-2-1-3-18(19)21(20(25)26)27-13-14-28-21/h1-8H,9-15H2/p+1. The highest BCUT2D eigenvalue weighted by Gasteiger charge is 2.56. The van der Waals surface area contributed by atoms with Gasteiger partial charge in [-0.3, -0.25) is 9.69 Å². The summed E-state index contributed by atoms with van der Waals surface area (Å²) in [5, 5.41) is 0. The number of ether oxygens (including phenoxy) is 2. The fourth-order valence-electron chi connectivity index (χ4n) is 4.35. The van der Waals surface area contributed by atoms with Crippen molar-refractivity contribution in [2.45, 2.75) is 5.79 Å². The number of benzene rings is 2. The van der Waals surface area contributed by atoms with Crippen LogP contribution in [-0.2, 0) is 20.1 Å². The van der Waals surface area contributed by atoms with Gasteiger partial charge in [-0.25, -0.2) is 4.39 Å². The van der Waals surface area contributed by atoms with Crippen LogP contribution in [0.4, 0.5) is 15.8 Å². The van der Waals surface area contributed by atoms with Gasteiger partial charge < -0.3 is 19.3 Å². The predicted octanol–water partition coefficient (Wildman–Crippen LogP) is 0.735. The number of fused-ring (bicyclic) bond motifs is 2. The molecule has 0 aromatic heterocycles.